The van der Waals surface area contributed by atoms with E-state index in [0.29, 0.717) is 16.7 Å². The smallest absolute Gasteiger partial charge is 0.416 e. The highest BCUT2D eigenvalue weighted by atomic mass is 32.1. The van der Waals surface area contributed by atoms with Crippen molar-refractivity contribution in [3.05, 3.63) is 70.8 Å². The maximum atomic E-state index is 12.7. The van der Waals surface area contributed by atoms with Gasteiger partial charge in [-0.15, -0.1) is 0 Å². The highest BCUT2D eigenvalue weighted by Crippen LogP contribution is 2.31. The van der Waals surface area contributed by atoms with Crippen LogP contribution in [0, 0.1) is 0 Å². The van der Waals surface area contributed by atoms with Crippen LogP contribution in [0.15, 0.2) is 48.5 Å². The van der Waals surface area contributed by atoms with Crippen LogP contribution in [0.5, 0.6) is 0 Å². The second kappa shape index (κ2) is 7.52. The Hall–Kier alpha value is -2.61. The third kappa shape index (κ3) is 4.69. The van der Waals surface area contributed by atoms with Crippen LogP contribution in [-0.2, 0) is 10.9 Å². The maximum absolute atomic E-state index is 12.7. The largest absolute Gasteiger partial charge is 0.465 e. The predicted octanol–water partition coefficient (Wildman–Crippen LogP) is 3.41. The molecule has 0 radical (unpaired) electrons. The van der Waals surface area contributed by atoms with Gasteiger partial charge in [-0.25, -0.2) is 4.79 Å². The van der Waals surface area contributed by atoms with E-state index < -0.39 is 23.8 Å². The molecule has 0 aromatic heterocycles. The van der Waals surface area contributed by atoms with Gasteiger partial charge in [0.25, 0.3) is 0 Å². The molecular formula is C17H15F3N2O2S. The molecule has 1 atom stereocenters. The van der Waals surface area contributed by atoms with E-state index in [1.807, 2.05) is 0 Å². The number of benzene rings is 2. The minimum absolute atomic E-state index is 0.00180. The first kappa shape index (κ1) is 18.7. The van der Waals surface area contributed by atoms with Gasteiger partial charge in [-0.1, -0.05) is 24.3 Å². The number of carbonyl (C=O) groups is 1. The Morgan fingerprint density at radius 1 is 1.08 bits per heavy atom. The molecule has 0 spiro atoms. The van der Waals surface area contributed by atoms with E-state index in [1.54, 1.807) is 24.3 Å². The topological polar surface area (TPSA) is 64.3 Å². The predicted molar refractivity (Wildman–Crippen MR) is 91.0 cm³/mol. The van der Waals surface area contributed by atoms with Gasteiger partial charge in [0.2, 0.25) is 0 Å². The highest BCUT2D eigenvalue weighted by molar-refractivity contribution is 7.80. The SMILES string of the molecule is COC(=O)c1ccc(C(NC(N)=S)c2ccc(C(F)(F)F)cc2)cc1. The molecule has 0 fully saturated rings. The molecular weight excluding hydrogens is 353 g/mol. The molecule has 2 aromatic rings. The number of ether oxygens (including phenoxy) is 1. The summed E-state index contributed by atoms with van der Waals surface area (Å²) in [5, 5.41) is 2.85. The summed E-state index contributed by atoms with van der Waals surface area (Å²) in [7, 11) is 1.27. The zero-order valence-corrected chi connectivity index (χ0v) is 13.9. The number of hydrogen-bond acceptors (Lipinski definition) is 3. The van der Waals surface area contributed by atoms with Crippen molar-refractivity contribution in [3.63, 3.8) is 0 Å². The van der Waals surface area contributed by atoms with Gasteiger partial charge < -0.3 is 15.8 Å². The Balaban J connectivity index is 2.36. The van der Waals surface area contributed by atoms with Crippen LogP contribution >= 0.6 is 12.2 Å². The van der Waals surface area contributed by atoms with Crippen LogP contribution in [0.4, 0.5) is 13.2 Å². The van der Waals surface area contributed by atoms with Crippen molar-refractivity contribution in [2.45, 2.75) is 12.2 Å². The average molecular weight is 368 g/mol. The Bertz CT molecular complexity index is 759. The molecule has 0 saturated carbocycles. The monoisotopic (exact) mass is 368 g/mol. The average Bonchev–Trinajstić information content (AvgIpc) is 2.58. The van der Waals surface area contributed by atoms with Gasteiger partial charge in [-0.2, -0.15) is 13.2 Å². The number of nitrogens with two attached hydrogens (primary N) is 1. The van der Waals surface area contributed by atoms with E-state index in [-0.39, 0.29) is 5.11 Å². The van der Waals surface area contributed by atoms with Crippen molar-refractivity contribution in [1.82, 2.24) is 5.32 Å². The first-order valence-electron chi connectivity index (χ1n) is 7.14. The first-order valence-corrected chi connectivity index (χ1v) is 7.54. The van der Waals surface area contributed by atoms with Crippen LogP contribution in [-0.4, -0.2) is 18.2 Å². The molecule has 0 amide bonds. The van der Waals surface area contributed by atoms with Crippen molar-refractivity contribution in [1.29, 1.82) is 0 Å². The molecule has 0 saturated heterocycles. The summed E-state index contributed by atoms with van der Waals surface area (Å²) in [6.45, 7) is 0. The van der Waals surface area contributed by atoms with Crippen molar-refractivity contribution in [2.75, 3.05) is 7.11 Å². The van der Waals surface area contributed by atoms with Gasteiger partial charge in [-0.05, 0) is 47.6 Å². The summed E-state index contributed by atoms with van der Waals surface area (Å²) in [6, 6.07) is 10.6. The number of nitrogens with one attached hydrogen (secondary N) is 1. The Morgan fingerprint density at radius 3 is 1.96 bits per heavy atom. The minimum atomic E-state index is -4.41. The third-order valence-electron chi connectivity index (χ3n) is 3.52. The van der Waals surface area contributed by atoms with Crippen molar-refractivity contribution < 1.29 is 22.7 Å². The molecule has 0 bridgehead atoms. The Kier molecular flexibility index (Phi) is 5.63. The Labute approximate surface area is 147 Å². The minimum Gasteiger partial charge on any atom is -0.465 e. The highest BCUT2D eigenvalue weighted by Gasteiger charge is 2.30. The number of alkyl halides is 3. The quantitative estimate of drug-likeness (QED) is 0.640. The lowest BCUT2D eigenvalue weighted by Gasteiger charge is -2.20. The number of hydrogen-bond donors (Lipinski definition) is 2. The number of methoxy groups -OCH3 is 1. The number of esters is 1. The van der Waals surface area contributed by atoms with E-state index in [1.165, 1.54) is 19.2 Å². The zero-order chi connectivity index (χ0) is 18.6. The first-order chi connectivity index (χ1) is 11.7. The lowest BCUT2D eigenvalue weighted by molar-refractivity contribution is -0.137. The summed E-state index contributed by atoms with van der Waals surface area (Å²) in [4.78, 5) is 11.5. The standard InChI is InChI=1S/C17H15F3N2O2S/c1-24-15(23)12-4-2-10(3-5-12)14(22-16(21)25)11-6-8-13(9-7-11)17(18,19)20/h2-9,14H,1H3,(H3,21,22,25). The fourth-order valence-electron chi connectivity index (χ4n) is 2.30. The molecule has 3 N–H and O–H groups in total. The number of rotatable bonds is 4. The summed E-state index contributed by atoms with van der Waals surface area (Å²) in [5.41, 5.74) is 6.37. The maximum Gasteiger partial charge on any atom is 0.416 e. The van der Waals surface area contributed by atoms with Crippen LogP contribution in [0.3, 0.4) is 0 Å². The molecule has 0 heterocycles. The molecule has 2 aromatic carbocycles. The summed E-state index contributed by atoms with van der Waals surface area (Å²) < 4.78 is 42.8. The fraction of sp³-hybridized carbons (Fsp3) is 0.176. The molecule has 2 rings (SSSR count). The molecule has 25 heavy (non-hydrogen) atoms. The normalized spacial score (nSPS) is 12.3. The van der Waals surface area contributed by atoms with E-state index in [9.17, 15) is 18.0 Å². The van der Waals surface area contributed by atoms with Crippen LogP contribution in [0.1, 0.15) is 33.1 Å². The van der Waals surface area contributed by atoms with E-state index in [4.69, 9.17) is 18.0 Å². The van der Waals surface area contributed by atoms with Crippen molar-refractivity contribution in [2.24, 2.45) is 5.73 Å². The van der Waals surface area contributed by atoms with Gasteiger partial charge in [-0.3, -0.25) is 0 Å². The van der Waals surface area contributed by atoms with Gasteiger partial charge >= 0.3 is 12.1 Å². The van der Waals surface area contributed by atoms with Crippen LogP contribution in [0.2, 0.25) is 0 Å². The lowest BCUT2D eigenvalue weighted by Crippen LogP contribution is -2.33. The molecule has 0 aliphatic carbocycles. The second-order valence-electron chi connectivity index (χ2n) is 5.17. The van der Waals surface area contributed by atoms with Crippen LogP contribution < -0.4 is 11.1 Å². The summed E-state index contributed by atoms with van der Waals surface area (Å²) in [6.07, 6.45) is -4.41. The van der Waals surface area contributed by atoms with E-state index in [2.05, 4.69) is 10.1 Å². The van der Waals surface area contributed by atoms with E-state index >= 15 is 0 Å². The Morgan fingerprint density at radius 2 is 1.56 bits per heavy atom. The van der Waals surface area contributed by atoms with Gasteiger partial charge in [0.15, 0.2) is 5.11 Å². The summed E-state index contributed by atoms with van der Waals surface area (Å²) in [5.74, 6) is -0.486. The molecule has 8 heteroatoms. The van der Waals surface area contributed by atoms with Gasteiger partial charge in [0.05, 0.1) is 24.3 Å². The third-order valence-corrected chi connectivity index (χ3v) is 3.64. The van der Waals surface area contributed by atoms with Crippen molar-refractivity contribution in [3.8, 4) is 0 Å². The molecule has 4 nitrogen and oxygen atoms in total. The van der Waals surface area contributed by atoms with E-state index in [0.717, 1.165) is 12.1 Å². The van der Waals surface area contributed by atoms with Crippen LogP contribution in [0.25, 0.3) is 0 Å². The molecule has 0 aliphatic heterocycles. The molecule has 0 aliphatic rings. The van der Waals surface area contributed by atoms with Gasteiger partial charge in [0.1, 0.15) is 0 Å². The lowest BCUT2D eigenvalue weighted by atomic mass is 9.97. The number of halogens is 3. The number of carbonyl (C=O) groups excluding carboxylic acids is 1. The zero-order valence-electron chi connectivity index (χ0n) is 13.1. The van der Waals surface area contributed by atoms with Crippen molar-refractivity contribution >= 4 is 23.3 Å². The second-order valence-corrected chi connectivity index (χ2v) is 5.61. The molecule has 132 valence electrons. The van der Waals surface area contributed by atoms with Gasteiger partial charge in [0, 0.05) is 0 Å². The number of thiocarbonyl (C=S) groups is 1. The summed E-state index contributed by atoms with van der Waals surface area (Å²) >= 11 is 4.86. The molecule has 1 unspecified atom stereocenters. The fourth-order valence-corrected chi connectivity index (χ4v) is 2.41.